The molecular formula is C9H7BrClNO3. The van der Waals surface area contributed by atoms with Crippen LogP contribution in [0.2, 0.25) is 0 Å². The highest BCUT2D eigenvalue weighted by atomic mass is 79.9. The van der Waals surface area contributed by atoms with Crippen molar-refractivity contribution in [2.75, 3.05) is 5.88 Å². The van der Waals surface area contributed by atoms with Crippen molar-refractivity contribution in [2.45, 2.75) is 6.42 Å². The van der Waals surface area contributed by atoms with Crippen molar-refractivity contribution < 1.29 is 9.72 Å². The Morgan fingerprint density at radius 1 is 1.53 bits per heavy atom. The zero-order valence-corrected chi connectivity index (χ0v) is 9.92. The van der Waals surface area contributed by atoms with Gasteiger partial charge in [-0.3, -0.25) is 14.9 Å². The van der Waals surface area contributed by atoms with Gasteiger partial charge in [0.15, 0.2) is 5.78 Å². The van der Waals surface area contributed by atoms with Gasteiger partial charge in [0.05, 0.1) is 15.3 Å². The van der Waals surface area contributed by atoms with E-state index in [1.54, 1.807) is 18.2 Å². The van der Waals surface area contributed by atoms with Gasteiger partial charge in [-0.25, -0.2) is 0 Å². The maximum Gasteiger partial charge on any atom is 0.287 e. The Hall–Kier alpha value is -0.940. The average Bonchev–Trinajstić information content (AvgIpc) is 2.17. The number of ketones is 1. The number of halogens is 2. The van der Waals surface area contributed by atoms with Crippen molar-refractivity contribution in [3.8, 4) is 0 Å². The minimum absolute atomic E-state index is 0.0146. The number of nitro benzene ring substituents is 1. The highest BCUT2D eigenvalue weighted by Gasteiger charge is 2.19. The van der Waals surface area contributed by atoms with Gasteiger partial charge < -0.3 is 0 Å². The van der Waals surface area contributed by atoms with E-state index in [1.807, 2.05) is 0 Å². The summed E-state index contributed by atoms with van der Waals surface area (Å²) in [6.07, 6.45) is -0.0146. The SMILES string of the molecule is O=C(CCl)Cc1cccc(Br)c1[N+](=O)[O-]. The third-order valence-corrected chi connectivity index (χ3v) is 2.73. The Morgan fingerprint density at radius 2 is 2.20 bits per heavy atom. The van der Waals surface area contributed by atoms with Gasteiger partial charge in [-0.15, -0.1) is 11.6 Å². The van der Waals surface area contributed by atoms with Gasteiger partial charge in [0.2, 0.25) is 0 Å². The standard InChI is InChI=1S/C9H7BrClNO3/c10-8-3-1-2-6(4-7(13)5-11)9(8)12(14)15/h1-3H,4-5H2. The van der Waals surface area contributed by atoms with Crippen LogP contribution in [0.4, 0.5) is 5.69 Å². The smallest absolute Gasteiger partial charge is 0.287 e. The molecule has 0 atom stereocenters. The molecule has 0 amide bonds. The first-order valence-corrected chi connectivity index (χ1v) is 5.38. The quantitative estimate of drug-likeness (QED) is 0.487. The van der Waals surface area contributed by atoms with E-state index in [2.05, 4.69) is 15.9 Å². The molecule has 0 aliphatic rings. The number of Topliss-reactive ketones (excluding diaryl/α,β-unsaturated/α-hetero) is 1. The van der Waals surface area contributed by atoms with Crippen molar-refractivity contribution >= 4 is 39.0 Å². The summed E-state index contributed by atoms with van der Waals surface area (Å²) in [6, 6.07) is 4.76. The highest BCUT2D eigenvalue weighted by Crippen LogP contribution is 2.28. The first-order chi connectivity index (χ1) is 7.06. The Morgan fingerprint density at radius 3 is 2.73 bits per heavy atom. The van der Waals surface area contributed by atoms with Crippen molar-refractivity contribution in [2.24, 2.45) is 0 Å². The van der Waals surface area contributed by atoms with E-state index in [0.717, 1.165) is 0 Å². The largest absolute Gasteiger partial charge is 0.298 e. The van der Waals surface area contributed by atoms with Crippen molar-refractivity contribution in [3.63, 3.8) is 0 Å². The lowest BCUT2D eigenvalue weighted by atomic mass is 10.1. The minimum Gasteiger partial charge on any atom is -0.298 e. The lowest BCUT2D eigenvalue weighted by molar-refractivity contribution is -0.386. The van der Waals surface area contributed by atoms with Gasteiger partial charge in [0.25, 0.3) is 5.69 Å². The molecule has 0 aromatic heterocycles. The highest BCUT2D eigenvalue weighted by molar-refractivity contribution is 9.10. The summed E-state index contributed by atoms with van der Waals surface area (Å²) in [5, 5.41) is 10.7. The van der Waals surface area contributed by atoms with Crippen LogP contribution in [0, 0.1) is 10.1 Å². The van der Waals surface area contributed by atoms with E-state index in [-0.39, 0.29) is 23.8 Å². The van der Waals surface area contributed by atoms with E-state index in [0.29, 0.717) is 10.0 Å². The fourth-order valence-corrected chi connectivity index (χ4v) is 1.81. The second-order valence-corrected chi connectivity index (χ2v) is 3.98. The van der Waals surface area contributed by atoms with Gasteiger partial charge in [-0.05, 0) is 22.0 Å². The van der Waals surface area contributed by atoms with Crippen molar-refractivity contribution in [3.05, 3.63) is 38.3 Å². The summed E-state index contributed by atoms with van der Waals surface area (Å²) >= 11 is 8.42. The summed E-state index contributed by atoms with van der Waals surface area (Å²) in [7, 11) is 0. The second kappa shape index (κ2) is 5.23. The topological polar surface area (TPSA) is 60.2 Å². The van der Waals surface area contributed by atoms with Crippen LogP contribution in [0.5, 0.6) is 0 Å². The number of nitrogens with zero attached hydrogens (tertiary/aromatic N) is 1. The van der Waals surface area contributed by atoms with Crippen LogP contribution in [0.1, 0.15) is 5.56 Å². The molecule has 0 bridgehead atoms. The van der Waals surface area contributed by atoms with Crippen LogP contribution in [0.25, 0.3) is 0 Å². The molecule has 0 radical (unpaired) electrons. The number of para-hydroxylation sites is 1. The summed E-state index contributed by atoms with van der Waals surface area (Å²) in [5.74, 6) is -0.373. The van der Waals surface area contributed by atoms with Crippen LogP contribution in [-0.2, 0) is 11.2 Å². The molecule has 0 aliphatic carbocycles. The van der Waals surface area contributed by atoms with Crippen LogP contribution in [0.3, 0.4) is 0 Å². The van der Waals surface area contributed by atoms with E-state index in [1.165, 1.54) is 0 Å². The number of hydrogen-bond acceptors (Lipinski definition) is 3. The normalized spacial score (nSPS) is 10.0. The third kappa shape index (κ3) is 3.00. The zero-order chi connectivity index (χ0) is 11.4. The molecule has 0 aliphatic heterocycles. The van der Waals surface area contributed by atoms with Crippen LogP contribution in [-0.4, -0.2) is 16.6 Å². The van der Waals surface area contributed by atoms with E-state index < -0.39 is 4.92 Å². The van der Waals surface area contributed by atoms with E-state index in [4.69, 9.17) is 11.6 Å². The second-order valence-electron chi connectivity index (χ2n) is 2.85. The lowest BCUT2D eigenvalue weighted by Gasteiger charge is -2.02. The van der Waals surface area contributed by atoms with Gasteiger partial charge in [0, 0.05) is 12.0 Å². The number of alkyl halides is 1. The van der Waals surface area contributed by atoms with Crippen LogP contribution >= 0.6 is 27.5 Å². The Kier molecular flexibility index (Phi) is 4.23. The van der Waals surface area contributed by atoms with Crippen molar-refractivity contribution in [1.29, 1.82) is 0 Å². The molecule has 1 rings (SSSR count). The molecule has 6 heteroatoms. The number of benzene rings is 1. The number of carbonyl (C=O) groups is 1. The number of rotatable bonds is 4. The lowest BCUT2D eigenvalue weighted by Crippen LogP contribution is -2.06. The van der Waals surface area contributed by atoms with Crippen LogP contribution < -0.4 is 0 Å². The fourth-order valence-electron chi connectivity index (χ4n) is 1.17. The molecule has 0 heterocycles. The molecule has 0 saturated heterocycles. The molecule has 0 fully saturated rings. The summed E-state index contributed by atoms with van der Waals surface area (Å²) in [6.45, 7) is 0. The molecule has 80 valence electrons. The molecule has 0 saturated carbocycles. The Labute approximate surface area is 99.5 Å². The molecular weight excluding hydrogens is 285 g/mol. The first-order valence-electron chi connectivity index (χ1n) is 4.05. The molecule has 0 N–H and O–H groups in total. The predicted molar refractivity (Wildman–Crippen MR) is 60.2 cm³/mol. The van der Waals surface area contributed by atoms with Crippen LogP contribution in [0.15, 0.2) is 22.7 Å². The van der Waals surface area contributed by atoms with Gasteiger partial charge in [-0.1, -0.05) is 12.1 Å². The zero-order valence-electron chi connectivity index (χ0n) is 7.57. The molecule has 4 nitrogen and oxygen atoms in total. The predicted octanol–water partition coefficient (Wildman–Crippen LogP) is 2.71. The van der Waals surface area contributed by atoms with Gasteiger partial charge >= 0.3 is 0 Å². The first kappa shape index (κ1) is 12.1. The molecule has 1 aromatic carbocycles. The molecule has 0 spiro atoms. The van der Waals surface area contributed by atoms with E-state index >= 15 is 0 Å². The minimum atomic E-state index is -0.513. The molecule has 0 unspecified atom stereocenters. The maximum atomic E-state index is 11.1. The van der Waals surface area contributed by atoms with Gasteiger partial charge in [-0.2, -0.15) is 0 Å². The Bertz CT molecular complexity index is 408. The monoisotopic (exact) mass is 291 g/mol. The summed E-state index contributed by atoms with van der Waals surface area (Å²) in [5.41, 5.74) is 0.302. The summed E-state index contributed by atoms with van der Waals surface area (Å²) in [4.78, 5) is 21.3. The van der Waals surface area contributed by atoms with Crippen molar-refractivity contribution in [1.82, 2.24) is 0 Å². The van der Waals surface area contributed by atoms with Gasteiger partial charge in [0.1, 0.15) is 0 Å². The van der Waals surface area contributed by atoms with E-state index in [9.17, 15) is 14.9 Å². The fraction of sp³-hybridized carbons (Fsp3) is 0.222. The number of hydrogen-bond donors (Lipinski definition) is 0. The third-order valence-electron chi connectivity index (χ3n) is 1.79. The average molecular weight is 293 g/mol. The maximum absolute atomic E-state index is 11.1. The Balaban J connectivity index is 3.11. The molecule has 15 heavy (non-hydrogen) atoms. The number of nitro groups is 1. The summed E-state index contributed by atoms with van der Waals surface area (Å²) < 4.78 is 0.368. The molecule has 1 aromatic rings. The number of carbonyl (C=O) groups excluding carboxylic acids is 1.